The van der Waals surface area contributed by atoms with Crippen molar-refractivity contribution < 1.29 is 46.3 Å². The van der Waals surface area contributed by atoms with Gasteiger partial charge in [0.05, 0.1) is 38.1 Å². The van der Waals surface area contributed by atoms with Crippen LogP contribution in [0.1, 0.15) is 26.3 Å². The topological polar surface area (TPSA) is 278 Å². The number of phosphoric acid groups is 1. The smallest absolute Gasteiger partial charge is 0.382 e. The van der Waals surface area contributed by atoms with Gasteiger partial charge < -0.3 is 30.6 Å². The van der Waals surface area contributed by atoms with Crippen LogP contribution < -0.4 is 17.0 Å². The van der Waals surface area contributed by atoms with Gasteiger partial charge in [-0.3, -0.25) is 37.0 Å². The van der Waals surface area contributed by atoms with Crippen LogP contribution in [0, 0.1) is 5.92 Å². The predicted molar refractivity (Wildman–Crippen MR) is 161 cm³/mol. The van der Waals surface area contributed by atoms with Crippen LogP contribution in [0.5, 0.6) is 0 Å². The average molecular weight is 715 g/mol. The van der Waals surface area contributed by atoms with Gasteiger partial charge >= 0.3 is 14.6 Å². The Labute approximate surface area is 268 Å². The van der Waals surface area contributed by atoms with E-state index in [4.69, 9.17) is 43.8 Å². The summed E-state index contributed by atoms with van der Waals surface area (Å²) in [5.41, 5.74) is 8.81. The van der Waals surface area contributed by atoms with Gasteiger partial charge in [0.25, 0.3) is 5.56 Å². The van der Waals surface area contributed by atoms with Gasteiger partial charge in [0.15, 0.2) is 35.1 Å². The Morgan fingerprint density at radius 1 is 0.979 bits per heavy atom. The largest absolute Gasteiger partial charge is 0.472 e. The standard InChI is InChI=1S/C23H28N10O11P2S/c1-9-12-19(33-8-29-11-17(33)30-21(25)31-18(11)34)41-22(9,2)3-39-45(35,36)44-14-13-20(32-7-28-10-15(24)26-6-27-16(10)32)42-23(14,4-38-13)5-40-46(37,47)43-12/h6-9,12-14,19-20H,3-5H2,1-2H3,(H,35,36)(H,37,47)(H2,24,26,27)(H3,25,30,31,34)/t9-,12+,13+,14-,19+,20+,22+,23+,46-/m0/s1. The van der Waals surface area contributed by atoms with Gasteiger partial charge in [-0.05, 0) is 6.92 Å². The molecule has 4 aliphatic heterocycles. The highest BCUT2D eigenvalue weighted by Crippen LogP contribution is 2.62. The summed E-state index contributed by atoms with van der Waals surface area (Å²) in [5.74, 6) is -0.730. The van der Waals surface area contributed by atoms with Crippen molar-refractivity contribution >= 4 is 61.0 Å². The van der Waals surface area contributed by atoms with E-state index < -0.39 is 81.3 Å². The number of hydrogen-bond acceptors (Lipinski definition) is 17. The summed E-state index contributed by atoms with van der Waals surface area (Å²) in [6.45, 7) is -2.16. The number of rotatable bonds is 2. The van der Waals surface area contributed by atoms with Gasteiger partial charge in [-0.2, -0.15) is 4.98 Å². The molecule has 0 radical (unpaired) electrons. The molecular formula is C23H28N10O11P2S. The van der Waals surface area contributed by atoms with Crippen molar-refractivity contribution in [2.45, 2.75) is 55.8 Å². The fraction of sp³-hybridized carbons (Fsp3) is 0.565. The predicted octanol–water partition coefficient (Wildman–Crippen LogP) is 0.669. The molecule has 4 fully saturated rings. The third-order valence-corrected chi connectivity index (χ3v) is 11.5. The third kappa shape index (κ3) is 4.93. The maximum atomic E-state index is 13.9. The van der Waals surface area contributed by atoms with Crippen LogP contribution >= 0.6 is 26.9 Å². The van der Waals surface area contributed by atoms with Crippen LogP contribution in [0.3, 0.4) is 0 Å². The number of fused-ring (bicyclic) bond motifs is 4. The van der Waals surface area contributed by atoms with Crippen LogP contribution in [0.2, 0.25) is 0 Å². The molecule has 4 aromatic rings. The number of aromatic nitrogens is 8. The van der Waals surface area contributed by atoms with Crippen molar-refractivity contribution in [1.29, 1.82) is 0 Å². The maximum Gasteiger partial charge on any atom is 0.472 e. The first-order chi connectivity index (χ1) is 22.2. The molecule has 4 bridgehead atoms. The molecule has 10 atom stereocenters. The second-order valence-electron chi connectivity index (χ2n) is 11.9. The molecule has 4 saturated heterocycles. The number of H-pyrrole nitrogens is 1. The van der Waals surface area contributed by atoms with Crippen LogP contribution in [0.4, 0.5) is 11.8 Å². The number of nitrogens with two attached hydrogens (primary N) is 2. The zero-order valence-corrected chi connectivity index (χ0v) is 27.2. The summed E-state index contributed by atoms with van der Waals surface area (Å²) in [4.78, 5) is 46.6. The molecule has 252 valence electrons. The molecule has 4 aromatic heterocycles. The van der Waals surface area contributed by atoms with Gasteiger partial charge in [-0.25, -0.2) is 29.1 Å². The monoisotopic (exact) mass is 714 g/mol. The van der Waals surface area contributed by atoms with Crippen LogP contribution in [0.15, 0.2) is 23.8 Å². The summed E-state index contributed by atoms with van der Waals surface area (Å²) in [7, 11) is -4.88. The first kappa shape index (κ1) is 31.3. The number of phosphoric ester groups is 1. The molecule has 0 spiro atoms. The Bertz CT molecular complexity index is 2080. The third-order valence-electron chi connectivity index (χ3n) is 8.97. The Balaban J connectivity index is 1.16. The Morgan fingerprint density at radius 3 is 2.49 bits per heavy atom. The lowest BCUT2D eigenvalue weighted by molar-refractivity contribution is -0.183. The van der Waals surface area contributed by atoms with E-state index in [9.17, 15) is 18.8 Å². The molecule has 0 aliphatic carbocycles. The van der Waals surface area contributed by atoms with E-state index >= 15 is 0 Å². The molecule has 6 N–H and O–H groups in total. The van der Waals surface area contributed by atoms with Crippen molar-refractivity contribution in [2.24, 2.45) is 5.92 Å². The molecular weight excluding hydrogens is 686 g/mol. The Morgan fingerprint density at radius 2 is 1.70 bits per heavy atom. The van der Waals surface area contributed by atoms with E-state index in [1.165, 1.54) is 28.1 Å². The normalized spacial score (nSPS) is 40.7. The molecule has 21 nitrogen and oxygen atoms in total. The van der Waals surface area contributed by atoms with Crippen LogP contribution in [0.25, 0.3) is 22.3 Å². The van der Waals surface area contributed by atoms with E-state index in [0.717, 1.165) is 0 Å². The molecule has 4 aliphatic rings. The van der Waals surface area contributed by atoms with E-state index in [-0.39, 0.29) is 29.5 Å². The number of nitrogens with one attached hydrogen (secondary N) is 1. The van der Waals surface area contributed by atoms with E-state index in [0.29, 0.717) is 11.2 Å². The second kappa shape index (κ2) is 10.5. The van der Waals surface area contributed by atoms with Crippen molar-refractivity contribution in [1.82, 2.24) is 39.0 Å². The molecule has 8 heterocycles. The first-order valence-corrected chi connectivity index (χ1v) is 18.3. The minimum atomic E-state index is -4.88. The molecule has 47 heavy (non-hydrogen) atoms. The van der Waals surface area contributed by atoms with Crippen molar-refractivity contribution in [3.05, 3.63) is 29.3 Å². The lowest BCUT2D eigenvalue weighted by atomic mass is 9.89. The summed E-state index contributed by atoms with van der Waals surface area (Å²) in [6.07, 6.45) is -1.57. The highest BCUT2D eigenvalue weighted by Gasteiger charge is 2.66. The Kier molecular flexibility index (Phi) is 6.98. The van der Waals surface area contributed by atoms with Gasteiger partial charge in [0, 0.05) is 5.92 Å². The van der Waals surface area contributed by atoms with Gasteiger partial charge in [-0.15, -0.1) is 0 Å². The fourth-order valence-electron chi connectivity index (χ4n) is 6.39. The molecule has 0 saturated carbocycles. The molecule has 0 aromatic carbocycles. The first-order valence-electron chi connectivity index (χ1n) is 14.1. The minimum absolute atomic E-state index is 0.0410. The highest BCUT2D eigenvalue weighted by atomic mass is 32.7. The molecule has 24 heteroatoms. The van der Waals surface area contributed by atoms with Gasteiger partial charge in [-0.1, -0.05) is 19.2 Å². The zero-order valence-electron chi connectivity index (χ0n) is 24.5. The van der Waals surface area contributed by atoms with Crippen molar-refractivity contribution in [3.63, 3.8) is 0 Å². The number of imidazole rings is 2. The van der Waals surface area contributed by atoms with Crippen molar-refractivity contribution in [2.75, 3.05) is 31.3 Å². The quantitative estimate of drug-likeness (QED) is 0.141. The SMILES string of the molecule is C[C@H]1[C@H]2O[P@@](=O)(S)OC[C@@]34CO[C@@H]([C@H](n5cnc6c(N)ncnc65)O3)[C@@H]4OP(=O)(O)OC[C@@]1(C)O[C@H]2n1cnc2c(=O)[nH]c(N)nc21. The number of ether oxygens (including phenoxy) is 3. The van der Waals surface area contributed by atoms with E-state index in [2.05, 4.69) is 42.2 Å². The summed E-state index contributed by atoms with van der Waals surface area (Å²) < 4.78 is 72.2. The summed E-state index contributed by atoms with van der Waals surface area (Å²) in [6, 6.07) is 0. The highest BCUT2D eigenvalue weighted by molar-refractivity contribution is 8.44. The van der Waals surface area contributed by atoms with Gasteiger partial charge in [0.2, 0.25) is 5.95 Å². The number of nitrogen functional groups attached to an aromatic ring is 2. The minimum Gasteiger partial charge on any atom is -0.382 e. The summed E-state index contributed by atoms with van der Waals surface area (Å²) in [5, 5.41) is 0. The number of hydrogen-bond donors (Lipinski definition) is 5. The lowest BCUT2D eigenvalue weighted by Crippen LogP contribution is -2.45. The number of nitrogens with zero attached hydrogens (tertiary/aromatic N) is 7. The average Bonchev–Trinajstić information content (AvgIpc) is 3.81. The van der Waals surface area contributed by atoms with Crippen LogP contribution in [-0.2, 0) is 41.4 Å². The van der Waals surface area contributed by atoms with Gasteiger partial charge in [0.1, 0.15) is 35.8 Å². The molecule has 8 rings (SSSR count). The Hall–Kier alpha value is -3.01. The fourth-order valence-corrected chi connectivity index (χ4v) is 9.00. The number of aromatic amines is 1. The van der Waals surface area contributed by atoms with E-state index in [1.54, 1.807) is 13.8 Å². The molecule has 0 amide bonds. The van der Waals surface area contributed by atoms with E-state index in [1.807, 2.05) is 0 Å². The maximum absolute atomic E-state index is 13.9. The second-order valence-corrected chi connectivity index (χ2v) is 16.2. The number of thiol groups is 1. The lowest BCUT2D eigenvalue weighted by Gasteiger charge is -2.32. The molecule has 1 unspecified atom stereocenters. The number of anilines is 2. The zero-order chi connectivity index (χ0) is 33.1. The van der Waals surface area contributed by atoms with Crippen LogP contribution in [-0.4, -0.2) is 93.3 Å². The summed E-state index contributed by atoms with van der Waals surface area (Å²) >= 11 is 4.27. The van der Waals surface area contributed by atoms with Crippen molar-refractivity contribution in [3.8, 4) is 0 Å².